The number of hydrogen-bond acceptors (Lipinski definition) is 5. The molecule has 0 atom stereocenters. The van der Waals surface area contributed by atoms with E-state index in [1.807, 2.05) is 19.1 Å². The topological polar surface area (TPSA) is 54.2 Å². The van der Waals surface area contributed by atoms with Crippen LogP contribution in [0.2, 0.25) is 0 Å². The molecule has 21 heavy (non-hydrogen) atoms. The van der Waals surface area contributed by atoms with E-state index in [0.29, 0.717) is 12.5 Å². The molecule has 1 saturated heterocycles. The summed E-state index contributed by atoms with van der Waals surface area (Å²) in [4.78, 5) is 11.5. The Hall–Kier alpha value is -2.04. The van der Waals surface area contributed by atoms with Crippen molar-refractivity contribution < 1.29 is 4.42 Å². The number of furan rings is 1. The van der Waals surface area contributed by atoms with Crippen LogP contribution in [0.4, 0.5) is 11.8 Å². The third-order valence-electron chi connectivity index (χ3n) is 3.95. The summed E-state index contributed by atoms with van der Waals surface area (Å²) < 4.78 is 5.32. The number of aryl methyl sites for hydroxylation is 1. The van der Waals surface area contributed by atoms with E-state index < -0.39 is 0 Å². The second kappa shape index (κ2) is 6.16. The van der Waals surface area contributed by atoms with E-state index in [-0.39, 0.29) is 0 Å². The lowest BCUT2D eigenvalue weighted by Crippen LogP contribution is -2.33. The molecular weight excluding hydrogens is 264 g/mol. The number of nitrogens with zero attached hydrogens (tertiary/aromatic N) is 3. The van der Waals surface area contributed by atoms with Crippen LogP contribution >= 0.6 is 0 Å². The van der Waals surface area contributed by atoms with Crippen LogP contribution in [0.5, 0.6) is 0 Å². The van der Waals surface area contributed by atoms with Crippen molar-refractivity contribution >= 4 is 11.8 Å². The van der Waals surface area contributed by atoms with E-state index >= 15 is 0 Å². The first-order valence-electron chi connectivity index (χ1n) is 7.57. The number of anilines is 2. The first-order valence-corrected chi connectivity index (χ1v) is 7.57. The fourth-order valence-corrected chi connectivity index (χ4v) is 2.61. The van der Waals surface area contributed by atoms with Gasteiger partial charge in [0.1, 0.15) is 11.6 Å². The van der Waals surface area contributed by atoms with E-state index in [2.05, 4.69) is 33.2 Å². The monoisotopic (exact) mass is 286 g/mol. The molecule has 5 heteroatoms. The molecule has 0 radical (unpaired) electrons. The van der Waals surface area contributed by atoms with Crippen molar-refractivity contribution in [2.24, 2.45) is 5.92 Å². The Balaban J connectivity index is 1.70. The number of rotatable bonds is 4. The molecule has 3 heterocycles. The van der Waals surface area contributed by atoms with E-state index in [1.165, 1.54) is 12.8 Å². The minimum absolute atomic E-state index is 0.604. The Morgan fingerprint density at radius 1 is 1.33 bits per heavy atom. The SMILES string of the molecule is Cc1cc(N2CCC(C)CC2)nc(NCc2ccco2)n1. The molecule has 0 bridgehead atoms. The van der Waals surface area contributed by atoms with Crippen LogP contribution < -0.4 is 10.2 Å². The van der Waals surface area contributed by atoms with Crippen LogP contribution in [0.1, 0.15) is 31.2 Å². The molecule has 1 aliphatic heterocycles. The van der Waals surface area contributed by atoms with Crippen molar-refractivity contribution in [1.29, 1.82) is 0 Å². The molecule has 1 N–H and O–H groups in total. The predicted octanol–water partition coefficient (Wildman–Crippen LogP) is 3.23. The van der Waals surface area contributed by atoms with Crippen molar-refractivity contribution in [1.82, 2.24) is 9.97 Å². The minimum Gasteiger partial charge on any atom is -0.467 e. The fraction of sp³-hybridized carbons (Fsp3) is 0.500. The van der Waals surface area contributed by atoms with Crippen LogP contribution in [0, 0.1) is 12.8 Å². The van der Waals surface area contributed by atoms with Gasteiger partial charge in [-0.05, 0) is 37.8 Å². The Labute approximate surface area is 125 Å². The smallest absolute Gasteiger partial charge is 0.225 e. The van der Waals surface area contributed by atoms with Crippen molar-refractivity contribution in [3.05, 3.63) is 35.9 Å². The van der Waals surface area contributed by atoms with Crippen LogP contribution in [-0.2, 0) is 6.54 Å². The van der Waals surface area contributed by atoms with Gasteiger partial charge in [0, 0.05) is 24.8 Å². The standard InChI is InChI=1S/C16H22N4O/c1-12-5-7-20(8-6-12)15-10-13(2)18-16(19-15)17-11-14-4-3-9-21-14/h3-4,9-10,12H,5-8,11H2,1-2H3,(H,17,18,19). The summed E-state index contributed by atoms with van der Waals surface area (Å²) in [7, 11) is 0. The van der Waals surface area contributed by atoms with E-state index in [1.54, 1.807) is 6.26 Å². The summed E-state index contributed by atoms with van der Waals surface area (Å²) >= 11 is 0. The van der Waals surface area contributed by atoms with Gasteiger partial charge in [-0.25, -0.2) is 4.98 Å². The molecule has 1 aliphatic rings. The van der Waals surface area contributed by atoms with Gasteiger partial charge in [-0.2, -0.15) is 4.98 Å². The number of aromatic nitrogens is 2. The molecule has 0 aromatic carbocycles. The number of nitrogens with one attached hydrogen (secondary N) is 1. The third-order valence-corrected chi connectivity index (χ3v) is 3.95. The van der Waals surface area contributed by atoms with Gasteiger partial charge in [0.2, 0.25) is 5.95 Å². The quantitative estimate of drug-likeness (QED) is 0.935. The second-order valence-electron chi connectivity index (χ2n) is 5.79. The van der Waals surface area contributed by atoms with E-state index in [0.717, 1.165) is 36.3 Å². The highest BCUT2D eigenvalue weighted by Gasteiger charge is 2.17. The maximum atomic E-state index is 5.32. The van der Waals surface area contributed by atoms with Gasteiger partial charge in [0.05, 0.1) is 12.8 Å². The Bertz CT molecular complexity index is 574. The van der Waals surface area contributed by atoms with Crippen molar-refractivity contribution in [3.8, 4) is 0 Å². The Morgan fingerprint density at radius 2 is 2.14 bits per heavy atom. The molecule has 5 nitrogen and oxygen atoms in total. The maximum absolute atomic E-state index is 5.32. The zero-order chi connectivity index (χ0) is 14.7. The van der Waals surface area contributed by atoms with Gasteiger partial charge in [-0.3, -0.25) is 0 Å². The molecule has 0 saturated carbocycles. The minimum atomic E-state index is 0.604. The molecule has 2 aromatic heterocycles. The highest BCUT2D eigenvalue weighted by molar-refractivity contribution is 5.45. The average Bonchev–Trinajstić information content (AvgIpc) is 2.99. The lowest BCUT2D eigenvalue weighted by atomic mass is 9.99. The van der Waals surface area contributed by atoms with Gasteiger partial charge in [0.25, 0.3) is 0 Å². The molecule has 0 aliphatic carbocycles. The summed E-state index contributed by atoms with van der Waals surface area (Å²) in [5.74, 6) is 3.39. The Morgan fingerprint density at radius 3 is 2.86 bits per heavy atom. The summed E-state index contributed by atoms with van der Waals surface area (Å²) in [6.45, 7) is 7.09. The molecule has 1 fully saturated rings. The normalized spacial score (nSPS) is 16.2. The lowest BCUT2D eigenvalue weighted by molar-refractivity contribution is 0.436. The van der Waals surface area contributed by atoms with Crippen molar-refractivity contribution in [2.75, 3.05) is 23.3 Å². The average molecular weight is 286 g/mol. The largest absolute Gasteiger partial charge is 0.467 e. The van der Waals surface area contributed by atoms with E-state index in [4.69, 9.17) is 4.42 Å². The van der Waals surface area contributed by atoms with Crippen LogP contribution in [0.3, 0.4) is 0 Å². The molecule has 112 valence electrons. The number of hydrogen-bond donors (Lipinski definition) is 1. The van der Waals surface area contributed by atoms with Crippen molar-refractivity contribution in [2.45, 2.75) is 33.2 Å². The van der Waals surface area contributed by atoms with E-state index in [9.17, 15) is 0 Å². The molecular formula is C16H22N4O. The summed E-state index contributed by atoms with van der Waals surface area (Å²) in [5, 5.41) is 3.23. The third kappa shape index (κ3) is 3.54. The fourth-order valence-electron chi connectivity index (χ4n) is 2.61. The van der Waals surface area contributed by atoms with Crippen LogP contribution in [-0.4, -0.2) is 23.1 Å². The molecule has 0 amide bonds. The first-order chi connectivity index (χ1) is 10.2. The highest BCUT2D eigenvalue weighted by atomic mass is 16.3. The first kappa shape index (κ1) is 13.9. The summed E-state index contributed by atoms with van der Waals surface area (Å²) in [6, 6.07) is 5.89. The molecule has 0 unspecified atom stereocenters. The maximum Gasteiger partial charge on any atom is 0.225 e. The summed E-state index contributed by atoms with van der Waals surface area (Å²) in [5.41, 5.74) is 0.987. The van der Waals surface area contributed by atoms with Gasteiger partial charge < -0.3 is 14.6 Å². The van der Waals surface area contributed by atoms with Crippen LogP contribution in [0.25, 0.3) is 0 Å². The zero-order valence-electron chi connectivity index (χ0n) is 12.7. The van der Waals surface area contributed by atoms with Gasteiger partial charge in [-0.1, -0.05) is 6.92 Å². The molecule has 2 aromatic rings. The van der Waals surface area contributed by atoms with Crippen LogP contribution in [0.15, 0.2) is 28.9 Å². The van der Waals surface area contributed by atoms with Gasteiger partial charge >= 0.3 is 0 Å². The summed E-state index contributed by atoms with van der Waals surface area (Å²) in [6.07, 6.45) is 4.14. The van der Waals surface area contributed by atoms with Crippen molar-refractivity contribution in [3.63, 3.8) is 0 Å². The van der Waals surface area contributed by atoms with Gasteiger partial charge in [0.15, 0.2) is 0 Å². The predicted molar refractivity (Wildman–Crippen MR) is 83.4 cm³/mol. The van der Waals surface area contributed by atoms with Gasteiger partial charge in [-0.15, -0.1) is 0 Å². The highest BCUT2D eigenvalue weighted by Crippen LogP contribution is 2.22. The number of piperidine rings is 1. The Kier molecular flexibility index (Phi) is 4.08. The zero-order valence-corrected chi connectivity index (χ0v) is 12.7. The molecule has 0 spiro atoms. The second-order valence-corrected chi connectivity index (χ2v) is 5.79. The molecule has 3 rings (SSSR count). The lowest BCUT2D eigenvalue weighted by Gasteiger charge is -2.31.